The lowest BCUT2D eigenvalue weighted by molar-refractivity contribution is -0.692. The molecule has 4 nitrogen and oxygen atoms in total. The van der Waals surface area contributed by atoms with Crippen molar-refractivity contribution in [2.45, 2.75) is 19.2 Å². The summed E-state index contributed by atoms with van der Waals surface area (Å²) in [6.45, 7) is 0.119. The molecule has 0 amide bonds. The number of carbonyl (C=O) groups excluding carboxylic acids is 1. The minimum absolute atomic E-state index is 0.139. The van der Waals surface area contributed by atoms with E-state index in [1.807, 2.05) is 11.4 Å². The lowest BCUT2D eigenvalue weighted by atomic mass is 10.1. The summed E-state index contributed by atoms with van der Waals surface area (Å²) in [5.41, 5.74) is 1.47. The molecule has 0 bridgehead atoms. The third-order valence-electron chi connectivity index (χ3n) is 3.94. The van der Waals surface area contributed by atoms with E-state index in [0.717, 1.165) is 5.56 Å². The summed E-state index contributed by atoms with van der Waals surface area (Å²) in [7, 11) is 0. The third kappa shape index (κ3) is 4.82. The van der Waals surface area contributed by atoms with Gasteiger partial charge in [-0.25, -0.2) is 4.39 Å². The lowest BCUT2D eigenvalue weighted by Gasteiger charge is -2.18. The Balaban J connectivity index is 1.93. The van der Waals surface area contributed by atoms with Gasteiger partial charge in [0.15, 0.2) is 12.4 Å². The number of benzene rings is 1. The Morgan fingerprint density at radius 3 is 2.63 bits per heavy atom. The molecule has 0 aliphatic heterocycles. The zero-order chi connectivity index (χ0) is 19.2. The van der Waals surface area contributed by atoms with Crippen molar-refractivity contribution in [3.05, 3.63) is 88.1 Å². The van der Waals surface area contributed by atoms with Crippen molar-refractivity contribution >= 4 is 34.8 Å². The first-order chi connectivity index (χ1) is 13.1. The number of aliphatic hydroxyl groups is 1. The van der Waals surface area contributed by atoms with Gasteiger partial charge in [0.2, 0.25) is 11.8 Å². The van der Waals surface area contributed by atoms with Crippen molar-refractivity contribution in [3.8, 4) is 0 Å². The molecular formula is C20H17FN2O2S2. The minimum atomic E-state index is -0.786. The van der Waals surface area contributed by atoms with Crippen molar-refractivity contribution in [1.29, 1.82) is 0 Å². The Morgan fingerprint density at radius 1 is 1.19 bits per heavy atom. The summed E-state index contributed by atoms with van der Waals surface area (Å²) in [6, 6.07) is 12.3. The topological polar surface area (TPSA) is 53.5 Å². The average Bonchev–Trinajstić information content (AvgIpc) is 3.23. The minimum Gasteiger partial charge on any atom is -0.758 e. The Bertz CT molecular complexity index is 941. The van der Waals surface area contributed by atoms with Gasteiger partial charge in [-0.3, -0.25) is 4.79 Å². The summed E-state index contributed by atoms with van der Waals surface area (Å²) < 4.78 is 14.7. The van der Waals surface area contributed by atoms with Crippen LogP contribution in [0.25, 0.3) is 0 Å². The first-order valence-corrected chi connectivity index (χ1v) is 9.51. The van der Waals surface area contributed by atoms with Gasteiger partial charge in [0, 0.05) is 11.6 Å². The summed E-state index contributed by atoms with van der Waals surface area (Å²) in [6.07, 6.45) is 3.42. The van der Waals surface area contributed by atoms with E-state index in [-0.39, 0.29) is 29.8 Å². The highest BCUT2D eigenvalue weighted by atomic mass is 32.1. The van der Waals surface area contributed by atoms with Crippen LogP contribution in [-0.4, -0.2) is 15.9 Å². The van der Waals surface area contributed by atoms with Gasteiger partial charge >= 0.3 is 0 Å². The Kier molecular flexibility index (Phi) is 6.39. The molecule has 1 aromatic carbocycles. The number of thiophene rings is 1. The second-order valence-electron chi connectivity index (χ2n) is 5.84. The van der Waals surface area contributed by atoms with Crippen LogP contribution < -0.4 is 4.57 Å². The second kappa shape index (κ2) is 8.94. The molecule has 0 fully saturated rings. The predicted octanol–water partition coefficient (Wildman–Crippen LogP) is 3.24. The number of pyridine rings is 1. The smallest absolute Gasteiger partial charge is 0.244 e. The third-order valence-corrected chi connectivity index (χ3v) is 5.18. The van der Waals surface area contributed by atoms with Crippen LogP contribution in [0.4, 0.5) is 4.39 Å². The molecule has 2 aromatic heterocycles. The molecule has 138 valence electrons. The monoisotopic (exact) mass is 400 g/mol. The number of ketones is 1. The molecule has 0 aliphatic rings. The summed E-state index contributed by atoms with van der Waals surface area (Å²) >= 11 is 6.81. The standard InChI is InChI=1S/C20H17FN2O2S2/c21-16-7-5-14(6-8-16)11-22-20(26)18(19(25)17-4-2-10-27-17)23-9-1-3-15(12-23)13-24/h1-10,12,18,24H,11,13H2/t18-/m0/s1. The Hall–Kier alpha value is -2.48. The maximum atomic E-state index is 13.0. The molecular weight excluding hydrogens is 383 g/mol. The molecule has 2 heterocycles. The van der Waals surface area contributed by atoms with Gasteiger partial charge in [-0.15, -0.1) is 11.3 Å². The van der Waals surface area contributed by atoms with Crippen LogP contribution in [0, 0.1) is 5.82 Å². The van der Waals surface area contributed by atoms with Crippen molar-refractivity contribution in [3.63, 3.8) is 0 Å². The summed E-state index contributed by atoms with van der Waals surface area (Å²) in [5, 5.41) is 11.5. The molecule has 0 saturated carbocycles. The van der Waals surface area contributed by atoms with Gasteiger partial charge in [-0.2, -0.15) is 4.57 Å². The Labute approximate surface area is 166 Å². The van der Waals surface area contributed by atoms with Crippen LogP contribution in [-0.2, 0) is 25.8 Å². The van der Waals surface area contributed by atoms with Crippen molar-refractivity contribution in [2.24, 2.45) is 4.99 Å². The molecule has 1 N–H and O–H groups in total. The molecule has 27 heavy (non-hydrogen) atoms. The average molecular weight is 401 g/mol. The van der Waals surface area contributed by atoms with Gasteiger partial charge in [0.05, 0.1) is 18.0 Å². The molecule has 1 atom stereocenters. The van der Waals surface area contributed by atoms with E-state index in [2.05, 4.69) is 4.99 Å². The number of aliphatic imine (C=N–C) groups is 1. The molecule has 0 spiro atoms. The Morgan fingerprint density at radius 2 is 1.96 bits per heavy atom. The number of nitrogens with zero attached hydrogens (tertiary/aromatic N) is 2. The number of Topliss-reactive ketones (excluding diaryl/α,β-unsaturated/α-hetero) is 1. The fourth-order valence-electron chi connectivity index (χ4n) is 2.57. The second-order valence-corrected chi connectivity index (χ2v) is 7.21. The van der Waals surface area contributed by atoms with Crippen molar-refractivity contribution in [1.82, 2.24) is 0 Å². The largest absolute Gasteiger partial charge is 0.758 e. The maximum absolute atomic E-state index is 13.0. The fraction of sp³-hybridized carbons (Fsp3) is 0.150. The van der Waals surface area contributed by atoms with Gasteiger partial charge in [-0.1, -0.05) is 18.2 Å². The molecule has 0 aliphatic carbocycles. The van der Waals surface area contributed by atoms with Crippen LogP contribution in [0.3, 0.4) is 0 Å². The van der Waals surface area contributed by atoms with E-state index in [9.17, 15) is 14.3 Å². The van der Waals surface area contributed by atoms with E-state index < -0.39 is 6.04 Å². The molecule has 0 saturated heterocycles. The lowest BCUT2D eigenvalue weighted by Crippen LogP contribution is -2.47. The van der Waals surface area contributed by atoms with Gasteiger partial charge in [-0.05, 0) is 40.3 Å². The van der Waals surface area contributed by atoms with E-state index >= 15 is 0 Å². The van der Waals surface area contributed by atoms with E-state index in [1.54, 1.807) is 47.3 Å². The SMILES string of the molecule is O=C(c1cccs1)[C@@H](C([S-])=NCc1ccc(F)cc1)[n+]1cccc(CO)c1. The number of hydrogen-bond acceptors (Lipinski definition) is 5. The molecule has 3 aromatic rings. The number of hydrogen-bond donors (Lipinski definition) is 1. The number of aromatic nitrogens is 1. The van der Waals surface area contributed by atoms with Crippen LogP contribution in [0.15, 0.2) is 71.3 Å². The maximum Gasteiger partial charge on any atom is 0.244 e. The first kappa shape index (κ1) is 19.3. The number of carbonyl (C=O) groups is 1. The van der Waals surface area contributed by atoms with E-state index in [0.29, 0.717) is 10.4 Å². The highest BCUT2D eigenvalue weighted by molar-refractivity contribution is 7.77. The molecule has 3 rings (SSSR count). The fourth-order valence-corrected chi connectivity index (χ4v) is 3.55. The predicted molar refractivity (Wildman–Crippen MR) is 105 cm³/mol. The zero-order valence-corrected chi connectivity index (χ0v) is 15.9. The molecule has 0 unspecified atom stereocenters. The van der Waals surface area contributed by atoms with Crippen LogP contribution in [0.1, 0.15) is 26.8 Å². The number of rotatable bonds is 7. The molecule has 0 radical (unpaired) electrons. The van der Waals surface area contributed by atoms with Crippen molar-refractivity contribution < 1.29 is 18.9 Å². The zero-order valence-electron chi connectivity index (χ0n) is 14.3. The van der Waals surface area contributed by atoms with Gasteiger partial charge < -0.3 is 22.7 Å². The van der Waals surface area contributed by atoms with Gasteiger partial charge in [0.1, 0.15) is 5.82 Å². The number of aliphatic hydroxyl groups excluding tert-OH is 1. The highest BCUT2D eigenvalue weighted by Gasteiger charge is 2.29. The first-order valence-electron chi connectivity index (χ1n) is 8.22. The summed E-state index contributed by atoms with van der Waals surface area (Å²) in [5.74, 6) is -0.471. The van der Waals surface area contributed by atoms with E-state index in [1.165, 1.54) is 23.5 Å². The highest BCUT2D eigenvalue weighted by Crippen LogP contribution is 2.17. The van der Waals surface area contributed by atoms with Crippen molar-refractivity contribution in [2.75, 3.05) is 0 Å². The molecule has 7 heteroatoms. The summed E-state index contributed by atoms with van der Waals surface area (Å²) in [4.78, 5) is 18.0. The normalized spacial score (nSPS) is 12.7. The number of halogens is 1. The van der Waals surface area contributed by atoms with Gasteiger partial charge in [0.25, 0.3) is 0 Å². The van der Waals surface area contributed by atoms with Crippen LogP contribution in [0.2, 0.25) is 0 Å². The van der Waals surface area contributed by atoms with E-state index in [4.69, 9.17) is 12.6 Å². The van der Waals surface area contributed by atoms with Crippen LogP contribution >= 0.6 is 11.3 Å². The van der Waals surface area contributed by atoms with Crippen LogP contribution in [0.5, 0.6) is 0 Å². The quantitative estimate of drug-likeness (QED) is 0.218.